The summed E-state index contributed by atoms with van der Waals surface area (Å²) in [6, 6.07) is 32.1. The summed E-state index contributed by atoms with van der Waals surface area (Å²) < 4.78 is 11.7. The highest BCUT2D eigenvalue weighted by Gasteiger charge is 2.42. The van der Waals surface area contributed by atoms with Gasteiger partial charge in [0.25, 0.3) is 23.6 Å². The second-order valence-corrected chi connectivity index (χ2v) is 15.7. The van der Waals surface area contributed by atoms with Crippen molar-refractivity contribution in [2.45, 2.75) is 26.1 Å². The Hall–Kier alpha value is -6.08. The fraction of sp³-hybridized carbons (Fsp3) is 0.150. The fourth-order valence-electron chi connectivity index (χ4n) is 5.29. The van der Waals surface area contributed by atoms with E-state index >= 15 is 0 Å². The quantitative estimate of drug-likeness (QED) is 0.0778. The van der Waals surface area contributed by atoms with E-state index in [9.17, 15) is 28.8 Å². The Kier molecular flexibility index (Phi) is 14.2. The van der Waals surface area contributed by atoms with Gasteiger partial charge in [-0.05, 0) is 59.7 Å². The van der Waals surface area contributed by atoms with Gasteiger partial charge >= 0.3 is 0 Å². The lowest BCUT2D eigenvalue weighted by Gasteiger charge is -2.15. The number of hydrogen-bond donors (Lipinski definition) is 4. The molecule has 4 aromatic carbocycles. The lowest BCUT2D eigenvalue weighted by molar-refractivity contribution is -0.126. The molecule has 2 aliphatic heterocycles. The Morgan fingerprint density at radius 3 is 1.24 bits per heavy atom. The molecule has 2 saturated heterocycles. The number of nitrogens with zero attached hydrogens (tertiary/aromatic N) is 2. The van der Waals surface area contributed by atoms with Gasteiger partial charge in [0.05, 0.1) is 9.81 Å². The summed E-state index contributed by atoms with van der Waals surface area (Å²) in [4.78, 5) is 79.5. The zero-order valence-electron chi connectivity index (χ0n) is 30.4. The monoisotopic (exact) mass is 854 g/mol. The van der Waals surface area contributed by atoms with Gasteiger partial charge in [0.15, 0.2) is 0 Å². The molecule has 58 heavy (non-hydrogen) atoms. The average molecular weight is 855 g/mol. The Labute approximate surface area is 352 Å². The fourth-order valence-corrected chi connectivity index (χ4v) is 8.06. The van der Waals surface area contributed by atoms with Crippen LogP contribution in [0.2, 0.25) is 0 Å². The Balaban J connectivity index is 0.910. The molecule has 0 unspecified atom stereocenters. The molecule has 4 N–H and O–H groups in total. The van der Waals surface area contributed by atoms with Crippen molar-refractivity contribution >= 4 is 92.0 Å². The summed E-state index contributed by atoms with van der Waals surface area (Å²) in [6.45, 7) is 0.528. The lowest BCUT2D eigenvalue weighted by atomic mass is 10.2. The highest BCUT2D eigenvalue weighted by molar-refractivity contribution is 8.29. The van der Waals surface area contributed by atoms with Gasteiger partial charge in [0, 0.05) is 37.1 Å². The van der Waals surface area contributed by atoms with Crippen molar-refractivity contribution in [2.75, 3.05) is 13.1 Å². The van der Waals surface area contributed by atoms with Crippen molar-refractivity contribution < 1.29 is 38.2 Å². The molecule has 0 aliphatic carbocycles. The highest BCUT2D eigenvalue weighted by Crippen LogP contribution is 2.42. The Bertz CT molecular complexity index is 2100. The molecule has 0 radical (unpaired) electrons. The first-order valence-electron chi connectivity index (χ1n) is 17.6. The van der Waals surface area contributed by atoms with Gasteiger partial charge in [0.2, 0.25) is 11.8 Å². The SMILES string of the molecule is O=C(CCN1C(=O)C(=C2SC(=S)N(CCC(=O)NNC(=O)c3ccc(OCc4ccccc4)cc3)C2=O)SC1=S)NNC(=O)c1ccc(OCc2ccccc2)cc1. The van der Waals surface area contributed by atoms with Gasteiger partial charge in [-0.15, -0.1) is 0 Å². The van der Waals surface area contributed by atoms with E-state index in [0.717, 1.165) is 34.7 Å². The highest BCUT2D eigenvalue weighted by atomic mass is 32.2. The predicted molar refractivity (Wildman–Crippen MR) is 226 cm³/mol. The van der Waals surface area contributed by atoms with Gasteiger partial charge in [-0.3, -0.25) is 60.3 Å². The van der Waals surface area contributed by atoms with Crippen LogP contribution in [0.5, 0.6) is 11.5 Å². The third-order valence-electron chi connectivity index (χ3n) is 8.39. The molecular weight excluding hydrogens is 821 g/mol. The number of thioether (sulfide) groups is 2. The first-order chi connectivity index (χ1) is 28.0. The largest absolute Gasteiger partial charge is 0.489 e. The van der Waals surface area contributed by atoms with Gasteiger partial charge in [-0.1, -0.05) is 109 Å². The van der Waals surface area contributed by atoms with Crippen LogP contribution in [-0.4, -0.2) is 67.0 Å². The van der Waals surface area contributed by atoms with Crippen LogP contribution >= 0.6 is 48.0 Å². The second kappa shape index (κ2) is 19.9. The molecule has 0 atom stereocenters. The number of hydrogen-bond acceptors (Lipinski definition) is 12. The second-order valence-electron chi connectivity index (χ2n) is 12.4. The van der Waals surface area contributed by atoms with E-state index in [2.05, 4.69) is 21.7 Å². The first kappa shape index (κ1) is 41.6. The number of benzene rings is 4. The van der Waals surface area contributed by atoms with Gasteiger partial charge < -0.3 is 9.47 Å². The molecule has 18 heteroatoms. The van der Waals surface area contributed by atoms with Gasteiger partial charge in [-0.2, -0.15) is 0 Å². The molecule has 296 valence electrons. The molecule has 2 heterocycles. The summed E-state index contributed by atoms with van der Waals surface area (Å²) >= 11 is 12.6. The molecule has 6 rings (SSSR count). The number of ether oxygens (including phenoxy) is 2. The van der Waals surface area contributed by atoms with Crippen LogP contribution in [0.15, 0.2) is 119 Å². The predicted octanol–water partition coefficient (Wildman–Crippen LogP) is 4.78. The van der Waals surface area contributed by atoms with E-state index in [-0.39, 0.29) is 55.5 Å². The summed E-state index contributed by atoms with van der Waals surface area (Å²) in [7, 11) is 0. The van der Waals surface area contributed by atoms with Crippen molar-refractivity contribution in [3.05, 3.63) is 141 Å². The van der Waals surface area contributed by atoms with E-state index in [1.54, 1.807) is 48.5 Å². The zero-order valence-corrected chi connectivity index (χ0v) is 33.7. The normalized spacial score (nSPS) is 15.0. The van der Waals surface area contributed by atoms with Crippen molar-refractivity contribution in [1.29, 1.82) is 0 Å². The van der Waals surface area contributed by atoms with Crippen molar-refractivity contribution in [3.8, 4) is 11.5 Å². The van der Waals surface area contributed by atoms with Crippen LogP contribution in [0.3, 0.4) is 0 Å². The van der Waals surface area contributed by atoms with E-state index in [4.69, 9.17) is 33.9 Å². The topological polar surface area (TPSA) is 175 Å². The van der Waals surface area contributed by atoms with Crippen LogP contribution in [0.25, 0.3) is 0 Å². The van der Waals surface area contributed by atoms with Gasteiger partial charge in [0.1, 0.15) is 33.4 Å². The number of thiocarbonyl (C=S) groups is 2. The molecule has 0 spiro atoms. The summed E-state index contributed by atoms with van der Waals surface area (Å²) in [5.41, 5.74) is 11.9. The van der Waals surface area contributed by atoms with Crippen LogP contribution in [0.4, 0.5) is 0 Å². The minimum atomic E-state index is -0.576. The van der Waals surface area contributed by atoms with Gasteiger partial charge in [-0.25, -0.2) is 0 Å². The maximum Gasteiger partial charge on any atom is 0.269 e. The van der Waals surface area contributed by atoms with Crippen molar-refractivity contribution in [3.63, 3.8) is 0 Å². The molecule has 14 nitrogen and oxygen atoms in total. The number of carbonyl (C=O) groups excluding carboxylic acids is 6. The molecule has 4 aromatic rings. The third kappa shape index (κ3) is 11.1. The van der Waals surface area contributed by atoms with Crippen LogP contribution in [-0.2, 0) is 32.4 Å². The lowest BCUT2D eigenvalue weighted by Crippen LogP contribution is -2.43. The van der Waals surface area contributed by atoms with Crippen molar-refractivity contribution in [2.24, 2.45) is 0 Å². The van der Waals surface area contributed by atoms with E-state index in [1.165, 1.54) is 9.80 Å². The summed E-state index contributed by atoms with van der Waals surface area (Å²) in [5, 5.41) is 0. The maximum absolute atomic E-state index is 13.3. The smallest absolute Gasteiger partial charge is 0.269 e. The molecule has 6 amide bonds. The first-order valence-corrected chi connectivity index (χ1v) is 20.0. The van der Waals surface area contributed by atoms with E-state index in [1.807, 2.05) is 60.7 Å². The molecule has 0 bridgehead atoms. The Morgan fingerprint density at radius 1 is 0.517 bits per heavy atom. The van der Waals surface area contributed by atoms with E-state index < -0.39 is 35.4 Å². The molecule has 2 aliphatic rings. The summed E-state index contributed by atoms with van der Waals surface area (Å²) in [5.74, 6) is -2.25. The number of rotatable bonds is 14. The minimum Gasteiger partial charge on any atom is -0.489 e. The average Bonchev–Trinajstić information content (AvgIpc) is 3.70. The minimum absolute atomic E-state index is 0.0583. The van der Waals surface area contributed by atoms with E-state index in [0.29, 0.717) is 24.7 Å². The number of hydrazine groups is 2. The Morgan fingerprint density at radius 2 is 0.879 bits per heavy atom. The third-order valence-corrected chi connectivity index (χ3v) is 11.4. The zero-order chi connectivity index (χ0) is 41.0. The van der Waals surface area contributed by atoms with Crippen LogP contribution in [0.1, 0.15) is 44.7 Å². The molecule has 0 aromatic heterocycles. The number of nitrogens with one attached hydrogen (secondary N) is 4. The molecule has 0 saturated carbocycles. The number of amides is 6. The molecule has 2 fully saturated rings. The number of carbonyl (C=O) groups is 6. The van der Waals surface area contributed by atoms with Crippen LogP contribution < -0.4 is 31.2 Å². The summed E-state index contributed by atoms with van der Waals surface area (Å²) in [6.07, 6.45) is -0.402. The molecular formula is C40H34N6O8S4. The van der Waals surface area contributed by atoms with Crippen LogP contribution in [0, 0.1) is 0 Å². The standard InChI is InChI=1S/C40H34N6O8S4/c47-31(41-43-35(49)27-11-15-29(16-12-27)53-23-25-7-3-1-4-8-25)19-21-45-37(51)33(57-39(45)55)34-38(52)46(40(56)58-34)22-20-32(48)42-44-36(50)28-13-17-30(18-14-28)54-24-26-9-5-2-6-10-26/h1-18H,19-24H2,(H,41,47)(H,42,48)(H,43,49)(H,44,50). The maximum atomic E-state index is 13.3. The van der Waals surface area contributed by atoms with Crippen molar-refractivity contribution in [1.82, 2.24) is 31.5 Å².